The Morgan fingerprint density at radius 3 is 2.29 bits per heavy atom. The highest BCUT2D eigenvalue weighted by atomic mass is 127. The van der Waals surface area contributed by atoms with Crippen LogP contribution < -0.4 is 16.0 Å². The average molecular weight is 450 g/mol. The molecular weight excluding hydrogens is 415 g/mol. The van der Waals surface area contributed by atoms with Crippen LogP contribution in [0.25, 0.3) is 0 Å². The molecular formula is C18H35IN4O. The van der Waals surface area contributed by atoms with Crippen LogP contribution in [0.4, 0.5) is 0 Å². The first-order valence-corrected chi connectivity index (χ1v) is 9.52. The van der Waals surface area contributed by atoms with E-state index in [1.165, 1.54) is 44.9 Å². The number of carbonyl (C=O) groups excluding carboxylic acids is 1. The monoisotopic (exact) mass is 450 g/mol. The van der Waals surface area contributed by atoms with Crippen LogP contribution in [0, 0.1) is 5.92 Å². The minimum Gasteiger partial charge on any atom is -0.356 e. The molecule has 0 aromatic heterocycles. The SMILES string of the molecule is CN=C(NCCCCC1CCCC1)NCCCC(=O)NC1CC1.I. The number of carbonyl (C=O) groups is 1. The molecule has 0 radical (unpaired) electrons. The van der Waals surface area contributed by atoms with Crippen LogP contribution in [0.5, 0.6) is 0 Å². The van der Waals surface area contributed by atoms with E-state index in [2.05, 4.69) is 20.9 Å². The molecule has 2 fully saturated rings. The van der Waals surface area contributed by atoms with Crippen molar-refractivity contribution in [3.05, 3.63) is 0 Å². The Morgan fingerprint density at radius 2 is 1.67 bits per heavy atom. The summed E-state index contributed by atoms with van der Waals surface area (Å²) in [6.07, 6.45) is 13.5. The number of rotatable bonds is 10. The Hall–Kier alpha value is -0.530. The zero-order valence-electron chi connectivity index (χ0n) is 15.1. The highest BCUT2D eigenvalue weighted by Crippen LogP contribution is 2.28. The fourth-order valence-electron chi connectivity index (χ4n) is 3.27. The number of nitrogens with zero attached hydrogens (tertiary/aromatic N) is 1. The molecule has 0 unspecified atom stereocenters. The van der Waals surface area contributed by atoms with Crippen LogP contribution in [0.3, 0.4) is 0 Å². The fraction of sp³-hybridized carbons (Fsp3) is 0.889. The number of aliphatic imine (C=N–C) groups is 1. The highest BCUT2D eigenvalue weighted by Gasteiger charge is 2.22. The van der Waals surface area contributed by atoms with Crippen LogP contribution in [0.1, 0.15) is 70.6 Å². The zero-order chi connectivity index (χ0) is 16.3. The van der Waals surface area contributed by atoms with E-state index < -0.39 is 0 Å². The Labute approximate surface area is 164 Å². The first-order valence-electron chi connectivity index (χ1n) is 9.52. The first kappa shape index (κ1) is 21.5. The molecule has 0 aromatic carbocycles. The van der Waals surface area contributed by atoms with Crippen molar-refractivity contribution in [2.24, 2.45) is 10.9 Å². The summed E-state index contributed by atoms with van der Waals surface area (Å²) in [5.41, 5.74) is 0. The predicted molar refractivity (Wildman–Crippen MR) is 111 cm³/mol. The van der Waals surface area contributed by atoms with E-state index in [4.69, 9.17) is 0 Å². The van der Waals surface area contributed by atoms with E-state index in [9.17, 15) is 4.79 Å². The Bertz CT molecular complexity index is 379. The van der Waals surface area contributed by atoms with Gasteiger partial charge in [-0.15, -0.1) is 24.0 Å². The summed E-state index contributed by atoms with van der Waals surface area (Å²) in [6.45, 7) is 1.77. The van der Waals surface area contributed by atoms with E-state index in [0.29, 0.717) is 12.5 Å². The van der Waals surface area contributed by atoms with E-state index in [0.717, 1.165) is 44.2 Å². The Kier molecular flexibility index (Phi) is 11.5. The maximum atomic E-state index is 11.6. The predicted octanol–water partition coefficient (Wildman–Crippen LogP) is 3.19. The lowest BCUT2D eigenvalue weighted by atomic mass is 10.0. The third-order valence-corrected chi connectivity index (χ3v) is 4.85. The van der Waals surface area contributed by atoms with Crippen LogP contribution >= 0.6 is 24.0 Å². The molecule has 0 bridgehead atoms. The largest absolute Gasteiger partial charge is 0.356 e. The standard InChI is InChI=1S/C18H34N4O.HI/c1-19-18(20-13-5-4-9-15-7-2-3-8-15)21-14-6-10-17(23)22-16-11-12-16;/h15-16H,2-14H2,1H3,(H,22,23)(H2,19,20,21);1H. The van der Waals surface area contributed by atoms with Gasteiger partial charge in [-0.2, -0.15) is 0 Å². The summed E-state index contributed by atoms with van der Waals surface area (Å²) in [4.78, 5) is 15.8. The molecule has 2 saturated carbocycles. The normalized spacial score (nSPS) is 18.1. The zero-order valence-corrected chi connectivity index (χ0v) is 17.4. The molecule has 140 valence electrons. The second-order valence-corrected chi connectivity index (χ2v) is 7.02. The molecule has 1 amide bonds. The van der Waals surface area contributed by atoms with Crippen molar-refractivity contribution < 1.29 is 4.79 Å². The molecule has 0 aliphatic heterocycles. The molecule has 24 heavy (non-hydrogen) atoms. The van der Waals surface area contributed by atoms with Crippen LogP contribution in [-0.2, 0) is 4.79 Å². The van der Waals surface area contributed by atoms with E-state index in [-0.39, 0.29) is 29.9 Å². The summed E-state index contributed by atoms with van der Waals surface area (Å²) >= 11 is 0. The van der Waals surface area contributed by atoms with Gasteiger partial charge in [-0.1, -0.05) is 38.5 Å². The summed E-state index contributed by atoms with van der Waals surface area (Å²) in [7, 11) is 1.80. The van der Waals surface area contributed by atoms with Gasteiger partial charge in [0.05, 0.1) is 0 Å². The molecule has 0 spiro atoms. The molecule has 2 aliphatic carbocycles. The van der Waals surface area contributed by atoms with Gasteiger partial charge in [0.1, 0.15) is 0 Å². The van der Waals surface area contributed by atoms with Gasteiger partial charge in [0, 0.05) is 32.6 Å². The fourth-order valence-corrected chi connectivity index (χ4v) is 3.27. The van der Waals surface area contributed by atoms with Crippen molar-refractivity contribution in [3.8, 4) is 0 Å². The number of unbranched alkanes of at least 4 members (excludes halogenated alkanes) is 1. The van der Waals surface area contributed by atoms with Gasteiger partial charge in [-0.3, -0.25) is 9.79 Å². The van der Waals surface area contributed by atoms with Gasteiger partial charge in [-0.05, 0) is 31.6 Å². The summed E-state index contributed by atoms with van der Waals surface area (Å²) in [5.74, 6) is 2.03. The first-order chi connectivity index (χ1) is 11.3. The summed E-state index contributed by atoms with van der Waals surface area (Å²) in [5, 5.41) is 9.66. The highest BCUT2D eigenvalue weighted by molar-refractivity contribution is 14.0. The maximum absolute atomic E-state index is 11.6. The topological polar surface area (TPSA) is 65.5 Å². The number of hydrogen-bond donors (Lipinski definition) is 3. The van der Waals surface area contributed by atoms with E-state index in [1.54, 1.807) is 7.05 Å². The van der Waals surface area contributed by atoms with Crippen LogP contribution in [0.2, 0.25) is 0 Å². The van der Waals surface area contributed by atoms with Crippen LogP contribution in [-0.4, -0.2) is 38.0 Å². The third-order valence-electron chi connectivity index (χ3n) is 4.85. The molecule has 5 nitrogen and oxygen atoms in total. The quantitative estimate of drug-likeness (QED) is 0.207. The van der Waals surface area contributed by atoms with Gasteiger partial charge in [0.2, 0.25) is 5.91 Å². The second-order valence-electron chi connectivity index (χ2n) is 7.02. The lowest BCUT2D eigenvalue weighted by molar-refractivity contribution is -0.121. The van der Waals surface area contributed by atoms with Crippen molar-refractivity contribution >= 4 is 35.8 Å². The molecule has 2 rings (SSSR count). The van der Waals surface area contributed by atoms with Crippen molar-refractivity contribution in [1.29, 1.82) is 0 Å². The van der Waals surface area contributed by atoms with Gasteiger partial charge >= 0.3 is 0 Å². The molecule has 3 N–H and O–H groups in total. The molecule has 0 heterocycles. The molecule has 0 saturated heterocycles. The van der Waals surface area contributed by atoms with Gasteiger partial charge in [0.25, 0.3) is 0 Å². The lowest BCUT2D eigenvalue weighted by Gasteiger charge is -2.12. The second kappa shape index (κ2) is 12.8. The minimum absolute atomic E-state index is 0. The average Bonchev–Trinajstić information content (AvgIpc) is 3.20. The number of guanidine groups is 1. The van der Waals surface area contributed by atoms with Crippen molar-refractivity contribution in [2.45, 2.75) is 76.7 Å². The van der Waals surface area contributed by atoms with Crippen LogP contribution in [0.15, 0.2) is 4.99 Å². The number of amides is 1. The molecule has 6 heteroatoms. The minimum atomic E-state index is 0. The smallest absolute Gasteiger partial charge is 0.220 e. The maximum Gasteiger partial charge on any atom is 0.220 e. The Balaban J connectivity index is 0.00000288. The van der Waals surface area contributed by atoms with Crippen molar-refractivity contribution in [3.63, 3.8) is 0 Å². The van der Waals surface area contributed by atoms with E-state index in [1.807, 2.05) is 0 Å². The number of hydrogen-bond acceptors (Lipinski definition) is 2. The summed E-state index contributed by atoms with van der Waals surface area (Å²) in [6, 6.07) is 0.467. The number of halogens is 1. The molecule has 2 aliphatic rings. The van der Waals surface area contributed by atoms with E-state index >= 15 is 0 Å². The van der Waals surface area contributed by atoms with Gasteiger partial charge in [0.15, 0.2) is 5.96 Å². The van der Waals surface area contributed by atoms with Gasteiger partial charge < -0.3 is 16.0 Å². The third kappa shape index (κ3) is 9.69. The van der Waals surface area contributed by atoms with Crippen molar-refractivity contribution in [2.75, 3.05) is 20.1 Å². The Morgan fingerprint density at radius 1 is 1.00 bits per heavy atom. The lowest BCUT2D eigenvalue weighted by Crippen LogP contribution is -2.38. The van der Waals surface area contributed by atoms with Gasteiger partial charge in [-0.25, -0.2) is 0 Å². The summed E-state index contributed by atoms with van der Waals surface area (Å²) < 4.78 is 0. The molecule has 0 atom stereocenters. The van der Waals surface area contributed by atoms with Crippen molar-refractivity contribution in [1.82, 2.24) is 16.0 Å². The number of nitrogens with one attached hydrogen (secondary N) is 3. The molecule has 0 aromatic rings.